The average molecular weight is 287 g/mol. The van der Waals surface area contributed by atoms with Gasteiger partial charge >= 0.3 is 12.1 Å². The van der Waals surface area contributed by atoms with Gasteiger partial charge in [0.25, 0.3) is 0 Å². The number of carboxylic acid groups (broad SMARTS) is 1. The van der Waals surface area contributed by atoms with Crippen molar-refractivity contribution in [2.75, 3.05) is 19.7 Å². The van der Waals surface area contributed by atoms with Gasteiger partial charge < -0.3 is 19.5 Å². The zero-order valence-corrected chi connectivity index (χ0v) is 12.8. The molecule has 0 saturated carbocycles. The van der Waals surface area contributed by atoms with Crippen LogP contribution in [0.2, 0.25) is 0 Å². The van der Waals surface area contributed by atoms with Gasteiger partial charge in [-0.15, -0.1) is 0 Å². The summed E-state index contributed by atoms with van der Waals surface area (Å²) in [5.41, 5.74) is -1.89. The average Bonchev–Trinajstić information content (AvgIpc) is 2.34. The highest BCUT2D eigenvalue weighted by molar-refractivity contribution is 5.79. The van der Waals surface area contributed by atoms with Crippen LogP contribution in [0.5, 0.6) is 0 Å². The fourth-order valence-corrected chi connectivity index (χ4v) is 2.16. The highest BCUT2D eigenvalue weighted by Crippen LogP contribution is 2.27. The number of aliphatic carboxylic acids is 1. The highest BCUT2D eigenvalue weighted by Gasteiger charge is 2.45. The molecule has 1 unspecified atom stereocenters. The van der Waals surface area contributed by atoms with Crippen LogP contribution in [-0.2, 0) is 14.3 Å². The van der Waals surface area contributed by atoms with Crippen molar-refractivity contribution in [1.82, 2.24) is 4.90 Å². The summed E-state index contributed by atoms with van der Waals surface area (Å²) >= 11 is 0. The summed E-state index contributed by atoms with van der Waals surface area (Å²) in [4.78, 5) is 25.0. The number of amides is 1. The Kier molecular flexibility index (Phi) is 5.39. The van der Waals surface area contributed by atoms with E-state index in [1.807, 2.05) is 6.92 Å². The van der Waals surface area contributed by atoms with E-state index >= 15 is 0 Å². The van der Waals surface area contributed by atoms with E-state index in [-0.39, 0.29) is 6.54 Å². The van der Waals surface area contributed by atoms with Gasteiger partial charge in [-0.2, -0.15) is 0 Å². The normalized spacial score (nSPS) is 23.5. The van der Waals surface area contributed by atoms with Gasteiger partial charge in [0.15, 0.2) is 5.60 Å². The maximum atomic E-state index is 12.1. The lowest BCUT2D eigenvalue weighted by Gasteiger charge is -2.39. The highest BCUT2D eigenvalue weighted by atomic mass is 16.6. The third-order valence-electron chi connectivity index (χ3n) is 3.08. The van der Waals surface area contributed by atoms with E-state index in [1.165, 1.54) is 4.90 Å². The van der Waals surface area contributed by atoms with Crippen molar-refractivity contribution in [1.29, 1.82) is 0 Å². The molecule has 0 spiro atoms. The van der Waals surface area contributed by atoms with E-state index in [9.17, 15) is 14.7 Å². The topological polar surface area (TPSA) is 76.1 Å². The molecule has 1 amide bonds. The second-order valence-electron chi connectivity index (χ2n) is 6.15. The van der Waals surface area contributed by atoms with E-state index in [4.69, 9.17) is 9.47 Å². The number of nitrogens with zero attached hydrogens (tertiary/aromatic N) is 1. The largest absolute Gasteiger partial charge is 0.479 e. The van der Waals surface area contributed by atoms with Gasteiger partial charge in [-0.3, -0.25) is 0 Å². The van der Waals surface area contributed by atoms with Gasteiger partial charge in [0, 0.05) is 13.2 Å². The Balaban J connectivity index is 2.77. The Morgan fingerprint density at radius 1 is 1.35 bits per heavy atom. The number of carbonyl (C=O) groups is 2. The molecule has 0 aromatic rings. The van der Waals surface area contributed by atoms with Crippen molar-refractivity contribution < 1.29 is 24.2 Å². The van der Waals surface area contributed by atoms with E-state index in [0.717, 1.165) is 6.42 Å². The zero-order valence-electron chi connectivity index (χ0n) is 12.8. The lowest BCUT2D eigenvalue weighted by Crippen LogP contribution is -2.57. The molecule has 1 atom stereocenters. The Morgan fingerprint density at radius 2 is 2.00 bits per heavy atom. The van der Waals surface area contributed by atoms with Gasteiger partial charge in [0.05, 0.1) is 6.54 Å². The van der Waals surface area contributed by atoms with Gasteiger partial charge in [-0.05, 0) is 40.0 Å². The molecule has 1 aliphatic heterocycles. The molecule has 0 aromatic carbocycles. The van der Waals surface area contributed by atoms with Crippen molar-refractivity contribution in [3.8, 4) is 0 Å². The molecule has 6 heteroatoms. The Bertz CT molecular complexity index is 363. The summed E-state index contributed by atoms with van der Waals surface area (Å²) in [6, 6.07) is 0. The van der Waals surface area contributed by atoms with Crippen LogP contribution in [0.25, 0.3) is 0 Å². The molecule has 20 heavy (non-hydrogen) atoms. The number of carboxylic acids is 1. The number of likely N-dealkylation sites (tertiary alicyclic amines) is 1. The molecule has 6 nitrogen and oxygen atoms in total. The summed E-state index contributed by atoms with van der Waals surface area (Å²) in [5.74, 6) is -1.01. The molecule has 1 rings (SSSR count). The number of hydrogen-bond acceptors (Lipinski definition) is 4. The van der Waals surface area contributed by atoms with Crippen molar-refractivity contribution in [3.05, 3.63) is 0 Å². The van der Waals surface area contributed by atoms with Crippen LogP contribution >= 0.6 is 0 Å². The summed E-state index contributed by atoms with van der Waals surface area (Å²) in [7, 11) is 0. The first-order valence-electron chi connectivity index (χ1n) is 7.05. The molecule has 0 aliphatic carbocycles. The van der Waals surface area contributed by atoms with Crippen LogP contribution in [0.3, 0.4) is 0 Å². The van der Waals surface area contributed by atoms with Crippen LogP contribution < -0.4 is 0 Å². The van der Waals surface area contributed by atoms with Crippen LogP contribution in [-0.4, -0.2) is 53.0 Å². The summed E-state index contributed by atoms with van der Waals surface area (Å²) in [5, 5.41) is 9.44. The van der Waals surface area contributed by atoms with E-state index in [2.05, 4.69) is 0 Å². The molecular formula is C14H25NO5. The third kappa shape index (κ3) is 4.37. The van der Waals surface area contributed by atoms with E-state index in [1.54, 1.807) is 20.8 Å². The second-order valence-corrected chi connectivity index (χ2v) is 6.15. The summed E-state index contributed by atoms with van der Waals surface area (Å²) < 4.78 is 10.8. The molecular weight excluding hydrogens is 262 g/mol. The fraction of sp³-hybridized carbons (Fsp3) is 0.857. The van der Waals surface area contributed by atoms with Crippen LogP contribution in [0.4, 0.5) is 4.79 Å². The minimum Gasteiger partial charge on any atom is -0.479 e. The predicted molar refractivity (Wildman–Crippen MR) is 73.7 cm³/mol. The van der Waals surface area contributed by atoms with Crippen molar-refractivity contribution in [2.24, 2.45) is 0 Å². The van der Waals surface area contributed by atoms with Crippen LogP contribution in [0.1, 0.15) is 47.0 Å². The second kappa shape index (κ2) is 6.43. The maximum Gasteiger partial charge on any atom is 0.410 e. The monoisotopic (exact) mass is 287 g/mol. The Hall–Kier alpha value is -1.30. The first kappa shape index (κ1) is 16.8. The van der Waals surface area contributed by atoms with Crippen molar-refractivity contribution in [3.63, 3.8) is 0 Å². The third-order valence-corrected chi connectivity index (χ3v) is 3.08. The molecule has 1 aliphatic rings. The molecule has 1 heterocycles. The molecule has 0 radical (unpaired) electrons. The van der Waals surface area contributed by atoms with E-state index < -0.39 is 23.3 Å². The quantitative estimate of drug-likeness (QED) is 0.858. The lowest BCUT2D eigenvalue weighted by atomic mass is 9.92. The van der Waals surface area contributed by atoms with Gasteiger partial charge in [0.1, 0.15) is 5.60 Å². The molecule has 0 aromatic heterocycles. The molecule has 116 valence electrons. The first-order chi connectivity index (χ1) is 9.20. The predicted octanol–water partition coefficient (Wildman–Crippen LogP) is 2.27. The van der Waals surface area contributed by atoms with Gasteiger partial charge in [-0.1, -0.05) is 6.92 Å². The van der Waals surface area contributed by atoms with Gasteiger partial charge in [-0.25, -0.2) is 9.59 Å². The standard InChI is InChI=1S/C14H25NO5/c1-5-9-19-14(11(16)17)7-6-8-15(10-14)12(18)20-13(2,3)4/h5-10H2,1-4H3,(H,16,17). The molecule has 1 fully saturated rings. The number of rotatable bonds is 4. The Morgan fingerprint density at radius 3 is 2.50 bits per heavy atom. The number of piperidine rings is 1. The fourth-order valence-electron chi connectivity index (χ4n) is 2.16. The summed E-state index contributed by atoms with van der Waals surface area (Å²) in [6.07, 6.45) is 1.26. The first-order valence-corrected chi connectivity index (χ1v) is 7.05. The van der Waals surface area contributed by atoms with Crippen molar-refractivity contribution in [2.45, 2.75) is 58.2 Å². The number of carbonyl (C=O) groups excluding carboxylic acids is 1. The van der Waals surface area contributed by atoms with Crippen molar-refractivity contribution >= 4 is 12.1 Å². The van der Waals surface area contributed by atoms with E-state index in [0.29, 0.717) is 26.0 Å². The SMILES string of the molecule is CCCOC1(C(=O)O)CCCN(C(=O)OC(C)(C)C)C1. The lowest BCUT2D eigenvalue weighted by molar-refractivity contribution is -0.173. The molecule has 1 N–H and O–H groups in total. The number of ether oxygens (including phenoxy) is 2. The smallest absolute Gasteiger partial charge is 0.410 e. The van der Waals surface area contributed by atoms with Gasteiger partial charge in [0.2, 0.25) is 0 Å². The summed E-state index contributed by atoms with van der Waals surface area (Å²) in [6.45, 7) is 8.18. The maximum absolute atomic E-state index is 12.1. The molecule has 1 saturated heterocycles. The van der Waals surface area contributed by atoms with Crippen LogP contribution in [0.15, 0.2) is 0 Å². The molecule has 0 bridgehead atoms. The minimum absolute atomic E-state index is 0.0389. The minimum atomic E-state index is -1.30. The zero-order chi connectivity index (χ0) is 15.4. The number of hydrogen-bond donors (Lipinski definition) is 1. The Labute approximate surface area is 120 Å². The van der Waals surface area contributed by atoms with Crippen LogP contribution in [0, 0.1) is 0 Å².